The summed E-state index contributed by atoms with van der Waals surface area (Å²) >= 11 is 0. The molecule has 0 fully saturated rings. The molecule has 5 heteroatoms. The second kappa shape index (κ2) is 9.15. The second-order valence-electron chi connectivity index (χ2n) is 7.11. The summed E-state index contributed by atoms with van der Waals surface area (Å²) in [4.78, 5) is 12.1. The lowest BCUT2D eigenvalue weighted by Crippen LogP contribution is -2.26. The summed E-state index contributed by atoms with van der Waals surface area (Å²) in [5.74, 6) is 5.01. The number of hydrogen-bond acceptors (Lipinski definition) is 3. The minimum absolute atomic E-state index is 0.0114. The molecule has 0 spiro atoms. The molecular formula is C26H19FN2O2. The number of ether oxygens (including phenoxy) is 1. The van der Waals surface area contributed by atoms with Crippen LogP contribution in [0.4, 0.5) is 9.18 Å². The van der Waals surface area contributed by atoms with Crippen LogP contribution in [0, 0.1) is 29.0 Å². The topological polar surface area (TPSA) is 62.1 Å². The third-order valence-electron chi connectivity index (χ3n) is 5.18. The Morgan fingerprint density at radius 3 is 2.35 bits per heavy atom. The van der Waals surface area contributed by atoms with Gasteiger partial charge in [0.25, 0.3) is 0 Å². The number of alkyl carbamates (subject to hydrolysis) is 1. The molecular weight excluding hydrogens is 391 g/mol. The first kappa shape index (κ1) is 20.2. The molecule has 0 aromatic heterocycles. The molecule has 4 rings (SSSR count). The van der Waals surface area contributed by atoms with Gasteiger partial charge in [-0.2, -0.15) is 5.26 Å². The van der Waals surface area contributed by atoms with Gasteiger partial charge in [-0.3, -0.25) is 0 Å². The van der Waals surface area contributed by atoms with Gasteiger partial charge in [0, 0.05) is 18.9 Å². The highest BCUT2D eigenvalue weighted by Gasteiger charge is 2.28. The maximum Gasteiger partial charge on any atom is 0.407 e. The van der Waals surface area contributed by atoms with Crippen molar-refractivity contribution in [3.05, 3.63) is 94.8 Å². The van der Waals surface area contributed by atoms with Gasteiger partial charge in [-0.05, 0) is 40.5 Å². The number of amides is 1. The molecule has 0 atom stereocenters. The number of nitriles is 1. The predicted octanol–water partition coefficient (Wildman–Crippen LogP) is 4.98. The molecule has 0 aliphatic heterocycles. The van der Waals surface area contributed by atoms with Crippen molar-refractivity contribution in [2.24, 2.45) is 0 Å². The predicted molar refractivity (Wildman–Crippen MR) is 116 cm³/mol. The van der Waals surface area contributed by atoms with Crippen LogP contribution in [0.5, 0.6) is 0 Å². The fraction of sp³-hybridized carbons (Fsp3) is 0.154. The Balaban J connectivity index is 1.29. The third-order valence-corrected chi connectivity index (χ3v) is 5.18. The normalized spacial score (nSPS) is 11.5. The van der Waals surface area contributed by atoms with E-state index >= 15 is 0 Å². The van der Waals surface area contributed by atoms with Gasteiger partial charge < -0.3 is 10.1 Å². The number of carbonyl (C=O) groups is 1. The first-order chi connectivity index (χ1) is 15.2. The van der Waals surface area contributed by atoms with E-state index in [0.717, 1.165) is 17.2 Å². The summed E-state index contributed by atoms with van der Waals surface area (Å²) in [5.41, 5.74) is 5.15. The molecule has 1 aliphatic carbocycles. The van der Waals surface area contributed by atoms with E-state index in [9.17, 15) is 9.18 Å². The minimum Gasteiger partial charge on any atom is -0.449 e. The lowest BCUT2D eigenvalue weighted by Gasteiger charge is -2.14. The Labute approximate surface area is 180 Å². The number of nitrogens with one attached hydrogen (secondary N) is 1. The molecule has 0 saturated heterocycles. The largest absolute Gasteiger partial charge is 0.449 e. The smallest absolute Gasteiger partial charge is 0.407 e. The maximum absolute atomic E-state index is 13.8. The van der Waals surface area contributed by atoms with Gasteiger partial charge in [0.2, 0.25) is 0 Å². The number of halogens is 1. The third kappa shape index (κ3) is 4.42. The van der Waals surface area contributed by atoms with Gasteiger partial charge in [0.05, 0.1) is 17.2 Å². The van der Waals surface area contributed by atoms with E-state index in [1.54, 1.807) is 0 Å². The van der Waals surface area contributed by atoms with Crippen LogP contribution in [0.1, 0.15) is 34.6 Å². The van der Waals surface area contributed by atoms with Crippen LogP contribution in [0.15, 0.2) is 66.7 Å². The Kier molecular flexibility index (Phi) is 5.96. The van der Waals surface area contributed by atoms with Crippen molar-refractivity contribution in [3.8, 4) is 29.0 Å². The maximum atomic E-state index is 13.8. The van der Waals surface area contributed by atoms with Crippen molar-refractivity contribution < 1.29 is 13.9 Å². The Morgan fingerprint density at radius 1 is 1.03 bits per heavy atom. The molecule has 1 amide bonds. The number of rotatable bonds is 4. The first-order valence-electron chi connectivity index (χ1n) is 9.94. The lowest BCUT2D eigenvalue weighted by molar-refractivity contribution is 0.143. The highest BCUT2D eigenvalue weighted by Crippen LogP contribution is 2.44. The summed E-state index contributed by atoms with van der Waals surface area (Å²) in [6.45, 7) is 0.545. The highest BCUT2D eigenvalue weighted by molar-refractivity contribution is 5.79. The van der Waals surface area contributed by atoms with Crippen molar-refractivity contribution in [1.82, 2.24) is 5.32 Å². The summed E-state index contributed by atoms with van der Waals surface area (Å²) in [7, 11) is 0. The van der Waals surface area contributed by atoms with Gasteiger partial charge in [-0.15, -0.1) is 0 Å². The Morgan fingerprint density at radius 2 is 1.71 bits per heavy atom. The average molecular weight is 410 g/mol. The van der Waals surface area contributed by atoms with E-state index in [4.69, 9.17) is 10.00 Å². The monoisotopic (exact) mass is 410 g/mol. The van der Waals surface area contributed by atoms with Crippen molar-refractivity contribution >= 4 is 6.09 Å². The SMILES string of the molecule is N#Cc1ccc(C#CCCNC(=O)OCC2c3ccccc3-c3ccccc32)c(F)c1. The van der Waals surface area contributed by atoms with Crippen molar-refractivity contribution in [2.75, 3.05) is 13.2 Å². The van der Waals surface area contributed by atoms with Gasteiger partial charge in [0.15, 0.2) is 0 Å². The number of fused-ring (bicyclic) bond motifs is 3. The van der Waals surface area contributed by atoms with E-state index < -0.39 is 11.9 Å². The molecule has 3 aromatic rings. The summed E-state index contributed by atoms with van der Waals surface area (Å²) in [6, 6.07) is 22.3. The van der Waals surface area contributed by atoms with Gasteiger partial charge >= 0.3 is 6.09 Å². The molecule has 152 valence electrons. The number of benzene rings is 3. The van der Waals surface area contributed by atoms with E-state index in [2.05, 4.69) is 41.4 Å². The van der Waals surface area contributed by atoms with Gasteiger partial charge in [-0.25, -0.2) is 9.18 Å². The summed E-state index contributed by atoms with van der Waals surface area (Å²) in [5, 5.41) is 11.4. The molecule has 3 aromatic carbocycles. The highest BCUT2D eigenvalue weighted by atomic mass is 19.1. The first-order valence-corrected chi connectivity index (χ1v) is 9.94. The van der Waals surface area contributed by atoms with E-state index in [1.165, 1.54) is 23.3 Å². The molecule has 0 heterocycles. The number of hydrogen-bond donors (Lipinski definition) is 1. The average Bonchev–Trinajstić information content (AvgIpc) is 3.12. The van der Waals surface area contributed by atoms with Gasteiger partial charge in [0.1, 0.15) is 12.4 Å². The Bertz CT molecular complexity index is 1190. The molecule has 0 radical (unpaired) electrons. The molecule has 0 saturated carbocycles. The van der Waals surface area contributed by atoms with Crippen LogP contribution in [-0.2, 0) is 4.74 Å². The fourth-order valence-electron chi connectivity index (χ4n) is 3.72. The van der Waals surface area contributed by atoms with Crippen LogP contribution >= 0.6 is 0 Å². The van der Waals surface area contributed by atoms with Crippen molar-refractivity contribution in [1.29, 1.82) is 5.26 Å². The number of carbonyl (C=O) groups excluding carboxylic acids is 1. The van der Waals surface area contributed by atoms with Crippen LogP contribution in [0.2, 0.25) is 0 Å². The lowest BCUT2D eigenvalue weighted by atomic mass is 9.98. The zero-order chi connectivity index (χ0) is 21.6. The van der Waals surface area contributed by atoms with Crippen LogP contribution in [0.3, 0.4) is 0 Å². The van der Waals surface area contributed by atoms with Crippen LogP contribution in [-0.4, -0.2) is 19.2 Å². The standard InChI is InChI=1S/C26H19FN2O2/c27-25-15-18(16-28)12-13-19(25)7-5-6-14-29-26(30)31-17-24-22-10-3-1-8-20(22)21-9-2-4-11-23(21)24/h1-4,8-13,15,24H,6,14,17H2,(H,29,30). The molecule has 4 nitrogen and oxygen atoms in total. The van der Waals surface area contributed by atoms with Crippen molar-refractivity contribution in [2.45, 2.75) is 12.3 Å². The fourth-order valence-corrected chi connectivity index (χ4v) is 3.72. The van der Waals surface area contributed by atoms with Gasteiger partial charge in [-0.1, -0.05) is 60.4 Å². The molecule has 1 aliphatic rings. The van der Waals surface area contributed by atoms with Crippen LogP contribution < -0.4 is 5.32 Å². The Hall–Kier alpha value is -4.09. The molecule has 0 bridgehead atoms. The quantitative estimate of drug-likeness (QED) is 0.488. The summed E-state index contributed by atoms with van der Waals surface area (Å²) in [6.07, 6.45) is -0.155. The molecule has 31 heavy (non-hydrogen) atoms. The zero-order valence-electron chi connectivity index (χ0n) is 16.7. The van der Waals surface area contributed by atoms with E-state index in [0.29, 0.717) is 13.0 Å². The van der Waals surface area contributed by atoms with E-state index in [-0.39, 0.29) is 23.7 Å². The molecule has 0 unspecified atom stereocenters. The van der Waals surface area contributed by atoms with Crippen molar-refractivity contribution in [3.63, 3.8) is 0 Å². The second-order valence-corrected chi connectivity index (χ2v) is 7.11. The minimum atomic E-state index is -0.531. The summed E-state index contributed by atoms with van der Waals surface area (Å²) < 4.78 is 19.3. The zero-order valence-corrected chi connectivity index (χ0v) is 16.7. The van der Waals surface area contributed by atoms with Crippen LogP contribution in [0.25, 0.3) is 11.1 Å². The number of nitrogens with zero attached hydrogens (tertiary/aromatic N) is 1. The van der Waals surface area contributed by atoms with E-state index in [1.807, 2.05) is 30.3 Å². The molecule has 1 N–H and O–H groups in total.